The Morgan fingerprint density at radius 3 is 2.61 bits per heavy atom. The summed E-state index contributed by atoms with van der Waals surface area (Å²) in [5.74, 6) is -0.351. The number of ether oxygens (including phenoxy) is 1. The predicted molar refractivity (Wildman–Crippen MR) is 64.6 cm³/mol. The third-order valence-corrected chi connectivity index (χ3v) is 2.56. The second-order valence-electron chi connectivity index (χ2n) is 3.77. The highest BCUT2D eigenvalue weighted by atomic mass is 16.5. The molecule has 0 saturated heterocycles. The minimum absolute atomic E-state index is 0.345. The van der Waals surface area contributed by atoms with Crippen molar-refractivity contribution in [3.63, 3.8) is 0 Å². The number of aryl methyl sites for hydroxylation is 1. The first-order valence-electron chi connectivity index (χ1n) is 5.63. The molecule has 0 spiro atoms. The van der Waals surface area contributed by atoms with E-state index in [9.17, 15) is 4.79 Å². The van der Waals surface area contributed by atoms with Gasteiger partial charge in [0, 0.05) is 0 Å². The van der Waals surface area contributed by atoms with Crippen LogP contribution in [-0.2, 0) is 4.74 Å². The zero-order chi connectivity index (χ0) is 13.1. The monoisotopic (exact) mass is 246 g/mol. The normalized spacial score (nSPS) is 10.4. The van der Waals surface area contributed by atoms with Crippen molar-refractivity contribution in [2.24, 2.45) is 0 Å². The molecule has 18 heavy (non-hydrogen) atoms. The Labute approximate surface area is 105 Å². The van der Waals surface area contributed by atoms with Gasteiger partial charge in [-0.1, -0.05) is 0 Å². The molecule has 0 unspecified atom stereocenters. The van der Waals surface area contributed by atoms with Crippen molar-refractivity contribution in [2.45, 2.75) is 20.8 Å². The summed E-state index contributed by atoms with van der Waals surface area (Å²) in [5, 5.41) is 4.32. The fourth-order valence-electron chi connectivity index (χ4n) is 1.79. The molecule has 0 amide bonds. The lowest BCUT2D eigenvalue weighted by molar-refractivity contribution is 0.0524. The summed E-state index contributed by atoms with van der Waals surface area (Å²) in [7, 11) is 0. The second kappa shape index (κ2) is 4.95. The van der Waals surface area contributed by atoms with Crippen molar-refractivity contribution >= 4 is 5.97 Å². The number of carbonyl (C=O) groups excluding carboxylic acids is 1. The Hall–Kier alpha value is -2.24. The zero-order valence-corrected chi connectivity index (χ0v) is 10.5. The number of esters is 1. The lowest BCUT2D eigenvalue weighted by atomic mass is 10.2. The Morgan fingerprint density at radius 2 is 2.00 bits per heavy atom. The van der Waals surface area contributed by atoms with Gasteiger partial charge in [-0.05, 0) is 20.8 Å². The van der Waals surface area contributed by atoms with Gasteiger partial charge in [0.1, 0.15) is 17.6 Å². The van der Waals surface area contributed by atoms with E-state index in [4.69, 9.17) is 4.74 Å². The molecule has 0 aliphatic heterocycles. The lowest BCUT2D eigenvalue weighted by Crippen LogP contribution is -2.08. The van der Waals surface area contributed by atoms with Crippen LogP contribution in [0.4, 0.5) is 0 Å². The van der Waals surface area contributed by atoms with Gasteiger partial charge >= 0.3 is 5.97 Å². The zero-order valence-electron chi connectivity index (χ0n) is 10.5. The number of hydrogen-bond donors (Lipinski definition) is 0. The average molecular weight is 246 g/mol. The van der Waals surface area contributed by atoms with Crippen LogP contribution in [0.3, 0.4) is 0 Å². The molecule has 6 heteroatoms. The molecule has 0 aliphatic carbocycles. The highest BCUT2D eigenvalue weighted by Gasteiger charge is 2.20. The predicted octanol–water partition coefficient (Wildman–Crippen LogP) is 1.46. The molecule has 2 aromatic heterocycles. The van der Waals surface area contributed by atoms with E-state index in [1.165, 1.54) is 6.33 Å². The van der Waals surface area contributed by atoms with E-state index in [2.05, 4.69) is 15.1 Å². The van der Waals surface area contributed by atoms with E-state index < -0.39 is 0 Å². The van der Waals surface area contributed by atoms with Gasteiger partial charge in [0.2, 0.25) is 0 Å². The van der Waals surface area contributed by atoms with Gasteiger partial charge in [-0.25, -0.2) is 19.4 Å². The van der Waals surface area contributed by atoms with Crippen LogP contribution >= 0.6 is 0 Å². The van der Waals surface area contributed by atoms with Gasteiger partial charge in [0.05, 0.1) is 30.4 Å². The van der Waals surface area contributed by atoms with Crippen LogP contribution in [0.5, 0.6) is 0 Å². The van der Waals surface area contributed by atoms with Gasteiger partial charge in [0.15, 0.2) is 0 Å². The third kappa shape index (κ3) is 2.09. The summed E-state index contributed by atoms with van der Waals surface area (Å²) < 4.78 is 6.66. The van der Waals surface area contributed by atoms with Gasteiger partial charge < -0.3 is 4.74 Å². The third-order valence-electron chi connectivity index (χ3n) is 2.56. The largest absolute Gasteiger partial charge is 0.462 e. The van der Waals surface area contributed by atoms with Crippen molar-refractivity contribution in [2.75, 3.05) is 6.61 Å². The van der Waals surface area contributed by atoms with Crippen molar-refractivity contribution in [1.29, 1.82) is 0 Å². The van der Waals surface area contributed by atoms with E-state index in [0.29, 0.717) is 23.6 Å². The SMILES string of the molecule is CCOC(=O)c1c(C)nn(-c2cncnc2)c1C. The lowest BCUT2D eigenvalue weighted by Gasteiger charge is -2.04. The van der Waals surface area contributed by atoms with E-state index in [1.54, 1.807) is 30.9 Å². The molecule has 0 bridgehead atoms. The van der Waals surface area contributed by atoms with Crippen LogP contribution in [0.15, 0.2) is 18.7 Å². The number of aromatic nitrogens is 4. The van der Waals surface area contributed by atoms with Crippen LogP contribution < -0.4 is 0 Å². The fraction of sp³-hybridized carbons (Fsp3) is 0.333. The highest BCUT2D eigenvalue weighted by molar-refractivity contribution is 5.92. The van der Waals surface area contributed by atoms with E-state index >= 15 is 0 Å². The van der Waals surface area contributed by atoms with Crippen molar-refractivity contribution in [3.05, 3.63) is 35.7 Å². The van der Waals surface area contributed by atoms with Crippen LogP contribution in [-0.4, -0.2) is 32.3 Å². The molecular formula is C12H14N4O2. The topological polar surface area (TPSA) is 69.9 Å². The smallest absolute Gasteiger partial charge is 0.341 e. The summed E-state index contributed by atoms with van der Waals surface area (Å²) in [4.78, 5) is 19.7. The molecular weight excluding hydrogens is 232 g/mol. The molecule has 2 heterocycles. The Morgan fingerprint density at radius 1 is 1.33 bits per heavy atom. The van der Waals surface area contributed by atoms with Crippen LogP contribution in [0.1, 0.15) is 28.7 Å². The molecule has 0 aliphatic rings. The summed E-state index contributed by atoms with van der Waals surface area (Å²) in [6.45, 7) is 5.72. The van der Waals surface area contributed by atoms with Gasteiger partial charge in [0.25, 0.3) is 0 Å². The molecule has 2 aromatic rings. The Balaban J connectivity index is 2.47. The highest BCUT2D eigenvalue weighted by Crippen LogP contribution is 2.17. The minimum Gasteiger partial charge on any atom is -0.462 e. The molecule has 0 atom stereocenters. The maximum absolute atomic E-state index is 11.8. The minimum atomic E-state index is -0.351. The number of hydrogen-bond acceptors (Lipinski definition) is 5. The molecule has 2 rings (SSSR count). The maximum atomic E-state index is 11.8. The van der Waals surface area contributed by atoms with E-state index in [1.807, 2.05) is 6.92 Å². The summed E-state index contributed by atoms with van der Waals surface area (Å²) in [6, 6.07) is 0. The molecule has 6 nitrogen and oxygen atoms in total. The maximum Gasteiger partial charge on any atom is 0.341 e. The summed E-state index contributed by atoms with van der Waals surface area (Å²) in [6.07, 6.45) is 4.73. The standard InChI is InChI=1S/C12H14N4O2/c1-4-18-12(17)11-8(2)15-16(9(11)3)10-5-13-7-14-6-10/h5-7H,4H2,1-3H3. The summed E-state index contributed by atoms with van der Waals surface area (Å²) >= 11 is 0. The average Bonchev–Trinajstić information content (AvgIpc) is 2.66. The van der Waals surface area contributed by atoms with Crippen molar-refractivity contribution in [3.8, 4) is 5.69 Å². The van der Waals surface area contributed by atoms with Gasteiger partial charge in [-0.3, -0.25) is 0 Å². The molecule has 0 N–H and O–H groups in total. The first-order chi connectivity index (χ1) is 8.65. The van der Waals surface area contributed by atoms with Crippen molar-refractivity contribution < 1.29 is 9.53 Å². The number of nitrogens with zero attached hydrogens (tertiary/aromatic N) is 4. The fourth-order valence-corrected chi connectivity index (χ4v) is 1.79. The first kappa shape index (κ1) is 12.2. The van der Waals surface area contributed by atoms with Crippen LogP contribution in [0.2, 0.25) is 0 Å². The molecule has 94 valence electrons. The van der Waals surface area contributed by atoms with Crippen LogP contribution in [0.25, 0.3) is 5.69 Å². The molecule has 0 fully saturated rings. The number of rotatable bonds is 3. The van der Waals surface area contributed by atoms with Crippen LogP contribution in [0, 0.1) is 13.8 Å². The van der Waals surface area contributed by atoms with E-state index in [-0.39, 0.29) is 5.97 Å². The molecule has 0 saturated carbocycles. The summed E-state index contributed by atoms with van der Waals surface area (Å²) in [5.41, 5.74) is 2.57. The molecule has 0 aromatic carbocycles. The van der Waals surface area contributed by atoms with Gasteiger partial charge in [-0.2, -0.15) is 5.10 Å². The first-order valence-corrected chi connectivity index (χ1v) is 5.63. The Bertz CT molecular complexity index is 563. The van der Waals surface area contributed by atoms with E-state index in [0.717, 1.165) is 5.69 Å². The van der Waals surface area contributed by atoms with Crippen molar-refractivity contribution in [1.82, 2.24) is 19.7 Å². The Kier molecular flexibility index (Phi) is 3.36. The van der Waals surface area contributed by atoms with Gasteiger partial charge in [-0.15, -0.1) is 0 Å². The second-order valence-corrected chi connectivity index (χ2v) is 3.77. The quantitative estimate of drug-likeness (QED) is 0.767. The molecule has 0 radical (unpaired) electrons. The number of carbonyl (C=O) groups is 1.